The molecule has 3 aromatic carbocycles. The molecule has 0 aliphatic rings. The van der Waals surface area contributed by atoms with Gasteiger partial charge in [-0.1, -0.05) is 36.4 Å². The van der Waals surface area contributed by atoms with E-state index in [2.05, 4.69) is 12.1 Å². The van der Waals surface area contributed by atoms with Crippen LogP contribution in [0.4, 0.5) is 0 Å². The first kappa shape index (κ1) is 17.7. The van der Waals surface area contributed by atoms with Crippen LogP contribution in [-0.2, 0) is 0 Å². The number of rotatable bonds is 6. The summed E-state index contributed by atoms with van der Waals surface area (Å²) in [5.74, 6) is 2.79. The van der Waals surface area contributed by atoms with Crippen LogP contribution in [0.15, 0.2) is 60.7 Å². The summed E-state index contributed by atoms with van der Waals surface area (Å²) in [5, 5.41) is 0. The van der Waals surface area contributed by atoms with E-state index in [1.807, 2.05) is 48.5 Å². The first-order chi connectivity index (χ1) is 12.7. The first-order valence-electron chi connectivity index (χ1n) is 8.25. The van der Waals surface area contributed by atoms with Crippen molar-refractivity contribution in [3.63, 3.8) is 0 Å². The second kappa shape index (κ2) is 7.83. The molecular weight excluding hydrogens is 328 g/mol. The SMILES string of the molecule is COc1ccc(-c2c(OC)cc(-c3ccccc3)cc2OC)cc1OC. The summed E-state index contributed by atoms with van der Waals surface area (Å²) in [7, 11) is 6.56. The van der Waals surface area contributed by atoms with Gasteiger partial charge in [0, 0.05) is 0 Å². The predicted octanol–water partition coefficient (Wildman–Crippen LogP) is 5.06. The fraction of sp³-hybridized carbons (Fsp3) is 0.182. The molecule has 0 saturated heterocycles. The average Bonchev–Trinajstić information content (AvgIpc) is 2.72. The van der Waals surface area contributed by atoms with E-state index in [1.165, 1.54) is 0 Å². The van der Waals surface area contributed by atoms with Crippen LogP contribution in [0, 0.1) is 0 Å². The molecule has 0 radical (unpaired) electrons. The van der Waals surface area contributed by atoms with Gasteiger partial charge in [0.15, 0.2) is 11.5 Å². The third-order valence-electron chi connectivity index (χ3n) is 4.29. The molecule has 0 atom stereocenters. The van der Waals surface area contributed by atoms with E-state index in [-0.39, 0.29) is 0 Å². The fourth-order valence-electron chi connectivity index (χ4n) is 2.99. The molecule has 0 unspecified atom stereocenters. The van der Waals surface area contributed by atoms with E-state index in [4.69, 9.17) is 18.9 Å². The molecule has 0 aliphatic heterocycles. The first-order valence-corrected chi connectivity index (χ1v) is 8.25. The zero-order valence-electron chi connectivity index (χ0n) is 15.4. The minimum Gasteiger partial charge on any atom is -0.496 e. The zero-order valence-corrected chi connectivity index (χ0v) is 15.4. The van der Waals surface area contributed by atoms with Crippen molar-refractivity contribution in [1.82, 2.24) is 0 Å². The lowest BCUT2D eigenvalue weighted by Gasteiger charge is -2.17. The highest BCUT2D eigenvalue weighted by Crippen LogP contribution is 2.44. The van der Waals surface area contributed by atoms with Gasteiger partial charge in [-0.05, 0) is 41.0 Å². The zero-order chi connectivity index (χ0) is 18.5. The lowest BCUT2D eigenvalue weighted by molar-refractivity contribution is 0.355. The third kappa shape index (κ3) is 3.31. The monoisotopic (exact) mass is 350 g/mol. The summed E-state index contributed by atoms with van der Waals surface area (Å²) in [5.41, 5.74) is 3.93. The largest absolute Gasteiger partial charge is 0.496 e. The predicted molar refractivity (Wildman–Crippen MR) is 104 cm³/mol. The van der Waals surface area contributed by atoms with Crippen LogP contribution in [0.2, 0.25) is 0 Å². The number of hydrogen-bond acceptors (Lipinski definition) is 4. The Kier molecular flexibility index (Phi) is 5.32. The highest BCUT2D eigenvalue weighted by Gasteiger charge is 2.17. The van der Waals surface area contributed by atoms with Crippen molar-refractivity contribution >= 4 is 0 Å². The normalized spacial score (nSPS) is 10.3. The molecule has 0 fully saturated rings. The Hall–Kier alpha value is -3.14. The Balaban J connectivity index is 2.18. The van der Waals surface area contributed by atoms with Crippen molar-refractivity contribution in [2.45, 2.75) is 0 Å². The van der Waals surface area contributed by atoms with Gasteiger partial charge < -0.3 is 18.9 Å². The summed E-state index contributed by atoms with van der Waals surface area (Å²) in [6.45, 7) is 0. The van der Waals surface area contributed by atoms with E-state index in [9.17, 15) is 0 Å². The van der Waals surface area contributed by atoms with Gasteiger partial charge in [-0.3, -0.25) is 0 Å². The highest BCUT2D eigenvalue weighted by atomic mass is 16.5. The van der Waals surface area contributed by atoms with E-state index in [0.29, 0.717) is 11.5 Å². The number of ether oxygens (including phenoxy) is 4. The second-order valence-electron chi connectivity index (χ2n) is 5.69. The highest BCUT2D eigenvalue weighted by molar-refractivity contribution is 5.83. The quantitative estimate of drug-likeness (QED) is 0.623. The molecule has 0 N–H and O–H groups in total. The van der Waals surface area contributed by atoms with Gasteiger partial charge in [0.05, 0.1) is 34.0 Å². The van der Waals surface area contributed by atoms with Crippen LogP contribution < -0.4 is 18.9 Å². The summed E-state index contributed by atoms with van der Waals surface area (Å²) in [6.07, 6.45) is 0. The topological polar surface area (TPSA) is 36.9 Å². The lowest BCUT2D eigenvalue weighted by atomic mass is 9.97. The summed E-state index contributed by atoms with van der Waals surface area (Å²) in [4.78, 5) is 0. The maximum atomic E-state index is 5.68. The molecule has 0 aromatic heterocycles. The molecular formula is C22H22O4. The van der Waals surface area contributed by atoms with E-state index < -0.39 is 0 Å². The Morgan fingerprint density at radius 3 is 1.54 bits per heavy atom. The average molecular weight is 350 g/mol. The van der Waals surface area contributed by atoms with Gasteiger partial charge in [-0.15, -0.1) is 0 Å². The van der Waals surface area contributed by atoms with Crippen molar-refractivity contribution in [3.05, 3.63) is 60.7 Å². The fourth-order valence-corrected chi connectivity index (χ4v) is 2.99. The van der Waals surface area contributed by atoms with E-state index in [0.717, 1.165) is 33.8 Å². The molecule has 0 bridgehead atoms. The Labute approximate surface area is 153 Å². The van der Waals surface area contributed by atoms with E-state index in [1.54, 1.807) is 28.4 Å². The van der Waals surface area contributed by atoms with Crippen molar-refractivity contribution < 1.29 is 18.9 Å². The summed E-state index contributed by atoms with van der Waals surface area (Å²) < 4.78 is 22.1. The molecule has 134 valence electrons. The van der Waals surface area contributed by atoms with Crippen LogP contribution in [-0.4, -0.2) is 28.4 Å². The van der Waals surface area contributed by atoms with Crippen molar-refractivity contribution in [2.75, 3.05) is 28.4 Å². The summed E-state index contributed by atoms with van der Waals surface area (Å²) >= 11 is 0. The molecule has 3 rings (SSSR count). The van der Waals surface area contributed by atoms with Crippen molar-refractivity contribution in [2.24, 2.45) is 0 Å². The third-order valence-corrected chi connectivity index (χ3v) is 4.29. The summed E-state index contributed by atoms with van der Waals surface area (Å²) in [6, 6.07) is 19.9. The molecule has 4 heteroatoms. The number of hydrogen-bond donors (Lipinski definition) is 0. The van der Waals surface area contributed by atoms with Crippen molar-refractivity contribution in [1.29, 1.82) is 0 Å². The Morgan fingerprint density at radius 2 is 1.00 bits per heavy atom. The van der Waals surface area contributed by atoms with Gasteiger partial charge in [0.2, 0.25) is 0 Å². The second-order valence-corrected chi connectivity index (χ2v) is 5.69. The van der Waals surface area contributed by atoms with Crippen LogP contribution in [0.1, 0.15) is 0 Å². The molecule has 0 spiro atoms. The lowest BCUT2D eigenvalue weighted by Crippen LogP contribution is -1.96. The molecule has 0 heterocycles. The number of methoxy groups -OCH3 is 4. The van der Waals surface area contributed by atoms with Crippen molar-refractivity contribution in [3.8, 4) is 45.3 Å². The maximum absolute atomic E-state index is 5.68. The standard InChI is InChI=1S/C22H22O4/c1-23-18-11-10-16(12-19(18)24-2)22-20(25-3)13-17(14-21(22)26-4)15-8-6-5-7-9-15/h5-14H,1-4H3. The maximum Gasteiger partial charge on any atom is 0.161 e. The van der Waals surface area contributed by atoms with E-state index >= 15 is 0 Å². The van der Waals surface area contributed by atoms with Gasteiger partial charge in [-0.2, -0.15) is 0 Å². The molecule has 3 aromatic rings. The number of benzene rings is 3. The smallest absolute Gasteiger partial charge is 0.161 e. The molecule has 0 aliphatic carbocycles. The van der Waals surface area contributed by atoms with Gasteiger partial charge >= 0.3 is 0 Å². The Morgan fingerprint density at radius 1 is 0.462 bits per heavy atom. The van der Waals surface area contributed by atoms with Gasteiger partial charge in [0.25, 0.3) is 0 Å². The molecule has 4 nitrogen and oxygen atoms in total. The minimum absolute atomic E-state index is 0.654. The van der Waals surface area contributed by atoms with Crippen LogP contribution in [0.3, 0.4) is 0 Å². The molecule has 26 heavy (non-hydrogen) atoms. The Bertz CT molecular complexity index is 863. The van der Waals surface area contributed by atoms with Gasteiger partial charge in [-0.25, -0.2) is 0 Å². The van der Waals surface area contributed by atoms with Crippen LogP contribution in [0.25, 0.3) is 22.3 Å². The van der Waals surface area contributed by atoms with Gasteiger partial charge in [0.1, 0.15) is 11.5 Å². The van der Waals surface area contributed by atoms with Crippen LogP contribution in [0.5, 0.6) is 23.0 Å². The molecule has 0 saturated carbocycles. The van der Waals surface area contributed by atoms with Crippen LogP contribution >= 0.6 is 0 Å². The molecule has 0 amide bonds. The minimum atomic E-state index is 0.654.